The smallest absolute Gasteiger partial charge is 0.0635 e. The maximum absolute atomic E-state index is 8.51. The van der Waals surface area contributed by atoms with Gasteiger partial charge in [0.05, 0.1) is 6.07 Å². The fraction of sp³-hybridized carbons (Fsp3) is 0.750. The van der Waals surface area contributed by atoms with Gasteiger partial charge in [-0.15, -0.1) is 0 Å². The number of nitrogens with one attached hydrogen (secondary N) is 1. The third-order valence-electron chi connectivity index (χ3n) is 2.19. The average molecular weight is 209 g/mol. The van der Waals surface area contributed by atoms with Crippen LogP contribution < -0.4 is 5.32 Å². The van der Waals surface area contributed by atoms with Crippen LogP contribution in [0.15, 0.2) is 12.2 Å². The highest BCUT2D eigenvalue weighted by molar-refractivity contribution is 5.00. The third kappa shape index (κ3) is 8.17. The summed E-state index contributed by atoms with van der Waals surface area (Å²) in [6.45, 7) is 14.0. The van der Waals surface area contributed by atoms with Crippen molar-refractivity contribution in [3.63, 3.8) is 0 Å². The highest BCUT2D eigenvalue weighted by atomic mass is 15.1. The predicted octanol–water partition coefficient (Wildman–Crippen LogP) is 1.78. The molecule has 0 saturated heterocycles. The molecule has 0 fully saturated rings. The second-order valence-corrected chi connectivity index (χ2v) is 4.06. The van der Waals surface area contributed by atoms with Crippen LogP contribution in [-0.4, -0.2) is 37.1 Å². The Labute approximate surface area is 93.8 Å². The quantitative estimate of drug-likeness (QED) is 0.619. The van der Waals surface area contributed by atoms with E-state index in [1.807, 2.05) is 0 Å². The normalized spacial score (nSPS) is 10.7. The van der Waals surface area contributed by atoms with Crippen LogP contribution in [0.3, 0.4) is 0 Å². The number of nitriles is 1. The fourth-order valence-electron chi connectivity index (χ4n) is 1.28. The van der Waals surface area contributed by atoms with Crippen LogP contribution in [0.4, 0.5) is 0 Å². The van der Waals surface area contributed by atoms with E-state index in [-0.39, 0.29) is 0 Å². The Morgan fingerprint density at radius 2 is 2.20 bits per heavy atom. The van der Waals surface area contributed by atoms with Gasteiger partial charge in [0.25, 0.3) is 0 Å². The number of hydrogen-bond acceptors (Lipinski definition) is 3. The lowest BCUT2D eigenvalue weighted by molar-refractivity contribution is 0.317. The first-order valence-corrected chi connectivity index (χ1v) is 5.59. The van der Waals surface area contributed by atoms with E-state index in [0.29, 0.717) is 12.5 Å². The molecule has 0 aromatic carbocycles. The van der Waals surface area contributed by atoms with Crippen LogP contribution in [0.2, 0.25) is 0 Å². The molecule has 0 unspecified atom stereocenters. The van der Waals surface area contributed by atoms with Crippen molar-refractivity contribution in [1.29, 1.82) is 5.26 Å². The van der Waals surface area contributed by atoms with Crippen LogP contribution in [0.25, 0.3) is 0 Å². The summed E-state index contributed by atoms with van der Waals surface area (Å²) in [6.07, 6.45) is 0.596. The summed E-state index contributed by atoms with van der Waals surface area (Å²) >= 11 is 0. The van der Waals surface area contributed by atoms with E-state index in [9.17, 15) is 0 Å². The molecule has 0 aromatic heterocycles. The highest BCUT2D eigenvalue weighted by Crippen LogP contribution is 1.97. The molecule has 0 rings (SSSR count). The van der Waals surface area contributed by atoms with Crippen molar-refractivity contribution in [1.82, 2.24) is 10.2 Å². The highest BCUT2D eigenvalue weighted by Gasteiger charge is 2.04. The van der Waals surface area contributed by atoms with Crippen molar-refractivity contribution in [2.24, 2.45) is 0 Å². The Morgan fingerprint density at radius 1 is 1.53 bits per heavy atom. The summed E-state index contributed by atoms with van der Waals surface area (Å²) in [5, 5.41) is 11.8. The summed E-state index contributed by atoms with van der Waals surface area (Å²) in [7, 11) is 0. The lowest BCUT2D eigenvalue weighted by atomic mass is 10.2. The summed E-state index contributed by atoms with van der Waals surface area (Å²) < 4.78 is 0. The maximum Gasteiger partial charge on any atom is 0.0635 e. The minimum absolute atomic E-state index is 0.496. The van der Waals surface area contributed by atoms with Gasteiger partial charge in [-0.05, 0) is 12.1 Å². The first kappa shape index (κ1) is 14.2. The molecular formula is C12H23N3. The molecule has 15 heavy (non-hydrogen) atoms. The summed E-state index contributed by atoms with van der Waals surface area (Å²) in [5.74, 6) is 0. The summed E-state index contributed by atoms with van der Waals surface area (Å²) in [5.41, 5.74) is 1.18. The van der Waals surface area contributed by atoms with Gasteiger partial charge in [-0.3, -0.25) is 4.90 Å². The molecule has 86 valence electrons. The topological polar surface area (TPSA) is 39.1 Å². The SMILES string of the molecule is C=C(CNC(C)C)CN(CC)CCC#N. The summed E-state index contributed by atoms with van der Waals surface area (Å²) in [4.78, 5) is 2.24. The van der Waals surface area contributed by atoms with Gasteiger partial charge in [-0.2, -0.15) is 5.26 Å². The minimum Gasteiger partial charge on any atom is -0.311 e. The minimum atomic E-state index is 0.496. The third-order valence-corrected chi connectivity index (χ3v) is 2.19. The van der Waals surface area contributed by atoms with Gasteiger partial charge in [0, 0.05) is 32.1 Å². The van der Waals surface area contributed by atoms with E-state index in [2.05, 4.69) is 43.6 Å². The zero-order valence-electron chi connectivity index (χ0n) is 10.2. The Bertz CT molecular complexity index is 215. The lowest BCUT2D eigenvalue weighted by Gasteiger charge is -2.21. The maximum atomic E-state index is 8.51. The van der Waals surface area contributed by atoms with Crippen molar-refractivity contribution in [3.05, 3.63) is 12.2 Å². The Morgan fingerprint density at radius 3 is 2.67 bits per heavy atom. The molecular weight excluding hydrogens is 186 g/mol. The molecule has 1 N–H and O–H groups in total. The van der Waals surface area contributed by atoms with Crippen LogP contribution in [0.5, 0.6) is 0 Å². The standard InChI is InChI=1S/C12H23N3/c1-5-15(8-6-7-13)10-12(4)9-14-11(2)3/h11,14H,4-6,8-10H2,1-3H3. The van der Waals surface area contributed by atoms with Crippen LogP contribution in [0.1, 0.15) is 27.2 Å². The molecule has 0 bridgehead atoms. The van der Waals surface area contributed by atoms with Crippen LogP contribution in [0, 0.1) is 11.3 Å². The van der Waals surface area contributed by atoms with Gasteiger partial charge < -0.3 is 5.32 Å². The van der Waals surface area contributed by atoms with E-state index < -0.39 is 0 Å². The van der Waals surface area contributed by atoms with Crippen molar-refractivity contribution in [2.75, 3.05) is 26.2 Å². The number of hydrogen-bond donors (Lipinski definition) is 1. The van der Waals surface area contributed by atoms with E-state index in [4.69, 9.17) is 5.26 Å². The molecule has 3 heteroatoms. The van der Waals surface area contributed by atoms with E-state index in [0.717, 1.165) is 26.2 Å². The summed E-state index contributed by atoms with van der Waals surface area (Å²) in [6, 6.07) is 2.67. The van der Waals surface area contributed by atoms with Crippen molar-refractivity contribution >= 4 is 0 Å². The molecule has 0 heterocycles. The van der Waals surface area contributed by atoms with Crippen LogP contribution >= 0.6 is 0 Å². The molecule has 3 nitrogen and oxygen atoms in total. The van der Waals surface area contributed by atoms with Crippen molar-refractivity contribution in [3.8, 4) is 6.07 Å². The molecule has 0 saturated carbocycles. The molecule has 0 aliphatic heterocycles. The lowest BCUT2D eigenvalue weighted by Crippen LogP contribution is -2.32. The monoisotopic (exact) mass is 209 g/mol. The van der Waals surface area contributed by atoms with Gasteiger partial charge in [0.15, 0.2) is 0 Å². The largest absolute Gasteiger partial charge is 0.311 e. The van der Waals surface area contributed by atoms with Gasteiger partial charge in [0.1, 0.15) is 0 Å². The molecule has 0 amide bonds. The molecule has 0 aliphatic carbocycles. The second kappa shape index (κ2) is 8.46. The number of nitrogens with zero attached hydrogens (tertiary/aromatic N) is 2. The molecule has 0 spiro atoms. The van der Waals surface area contributed by atoms with Crippen molar-refractivity contribution < 1.29 is 0 Å². The Balaban J connectivity index is 3.76. The van der Waals surface area contributed by atoms with Gasteiger partial charge >= 0.3 is 0 Å². The van der Waals surface area contributed by atoms with E-state index in [1.165, 1.54) is 5.57 Å². The fourth-order valence-corrected chi connectivity index (χ4v) is 1.28. The number of rotatable bonds is 8. The first-order chi connectivity index (χ1) is 7.10. The predicted molar refractivity (Wildman–Crippen MR) is 64.6 cm³/mol. The molecule has 0 radical (unpaired) electrons. The molecule has 0 aromatic rings. The van der Waals surface area contributed by atoms with Gasteiger partial charge in [-0.1, -0.05) is 27.4 Å². The van der Waals surface area contributed by atoms with E-state index >= 15 is 0 Å². The molecule has 0 atom stereocenters. The zero-order valence-corrected chi connectivity index (χ0v) is 10.2. The molecule has 0 aliphatic rings. The average Bonchev–Trinajstić information content (AvgIpc) is 2.21. The van der Waals surface area contributed by atoms with Gasteiger partial charge in [0.2, 0.25) is 0 Å². The van der Waals surface area contributed by atoms with Crippen LogP contribution in [-0.2, 0) is 0 Å². The first-order valence-electron chi connectivity index (χ1n) is 5.59. The van der Waals surface area contributed by atoms with E-state index in [1.54, 1.807) is 0 Å². The van der Waals surface area contributed by atoms with Gasteiger partial charge in [-0.25, -0.2) is 0 Å². The van der Waals surface area contributed by atoms with Crippen molar-refractivity contribution in [2.45, 2.75) is 33.2 Å². The zero-order chi connectivity index (χ0) is 11.7. The number of likely N-dealkylation sites (N-methyl/N-ethyl adjacent to an activating group) is 1. The second-order valence-electron chi connectivity index (χ2n) is 4.06. The Kier molecular flexibility index (Phi) is 7.98. The Hall–Kier alpha value is -0.850.